The Labute approximate surface area is 121 Å². The number of hydrogen-bond donors (Lipinski definition) is 0. The number of rotatable bonds is 7. The van der Waals surface area contributed by atoms with Crippen LogP contribution < -0.4 is 4.90 Å². The molecule has 1 rings (SSSR count). The van der Waals surface area contributed by atoms with Gasteiger partial charge in [-0.05, 0) is 38.3 Å². The lowest BCUT2D eigenvalue weighted by atomic mass is 10.1. The second kappa shape index (κ2) is 7.83. The van der Waals surface area contributed by atoms with Crippen LogP contribution in [0.3, 0.4) is 0 Å². The Morgan fingerprint density at radius 3 is 2.56 bits per heavy atom. The molecule has 0 radical (unpaired) electrons. The van der Waals surface area contributed by atoms with E-state index in [0.29, 0.717) is 6.04 Å². The first kappa shape index (κ1) is 15.6. The van der Waals surface area contributed by atoms with E-state index in [4.69, 9.17) is 0 Å². The summed E-state index contributed by atoms with van der Waals surface area (Å²) in [5.41, 5.74) is 4.15. The molecule has 0 aromatic heterocycles. The summed E-state index contributed by atoms with van der Waals surface area (Å²) in [6.45, 7) is 10.2. The smallest absolute Gasteiger partial charge is 0.0409 e. The fourth-order valence-electron chi connectivity index (χ4n) is 2.23. The summed E-state index contributed by atoms with van der Waals surface area (Å²) in [4.78, 5) is 2.57. The van der Waals surface area contributed by atoms with E-state index < -0.39 is 0 Å². The molecule has 1 unspecified atom stereocenters. The van der Waals surface area contributed by atoms with E-state index in [1.54, 1.807) is 0 Å². The lowest BCUT2D eigenvalue weighted by molar-refractivity contribution is 0.594. The Hall–Kier alpha value is -0.500. The van der Waals surface area contributed by atoms with Gasteiger partial charge < -0.3 is 4.90 Å². The minimum absolute atomic E-state index is 0.608. The molecular weight excluding hydrogens is 286 g/mol. The fraction of sp³-hybridized carbons (Fsp3) is 0.625. The van der Waals surface area contributed by atoms with Gasteiger partial charge in [-0.25, -0.2) is 0 Å². The lowest BCUT2D eigenvalue weighted by Gasteiger charge is -2.32. The van der Waals surface area contributed by atoms with E-state index in [1.807, 2.05) is 0 Å². The van der Waals surface area contributed by atoms with Crippen LogP contribution in [0.25, 0.3) is 0 Å². The van der Waals surface area contributed by atoms with Crippen molar-refractivity contribution in [2.45, 2.75) is 58.3 Å². The van der Waals surface area contributed by atoms with Crippen LogP contribution in [0.15, 0.2) is 18.2 Å². The molecule has 0 aliphatic rings. The van der Waals surface area contributed by atoms with Crippen LogP contribution in [0.4, 0.5) is 5.69 Å². The molecule has 0 spiro atoms. The highest BCUT2D eigenvalue weighted by atomic mass is 79.9. The molecule has 18 heavy (non-hydrogen) atoms. The quantitative estimate of drug-likeness (QED) is 0.618. The molecule has 1 atom stereocenters. The van der Waals surface area contributed by atoms with Crippen LogP contribution >= 0.6 is 15.9 Å². The summed E-state index contributed by atoms with van der Waals surface area (Å²) >= 11 is 3.62. The first-order chi connectivity index (χ1) is 8.63. The number of halogens is 1. The van der Waals surface area contributed by atoms with Crippen LogP contribution in [0, 0.1) is 6.92 Å². The number of unbranched alkanes of at least 4 members (excludes halogenated alkanes) is 1. The third-order valence-corrected chi connectivity index (χ3v) is 4.17. The van der Waals surface area contributed by atoms with E-state index in [-0.39, 0.29) is 0 Å². The largest absolute Gasteiger partial charge is 0.369 e. The van der Waals surface area contributed by atoms with Gasteiger partial charge in [-0.2, -0.15) is 0 Å². The maximum atomic E-state index is 3.62. The van der Waals surface area contributed by atoms with E-state index in [1.165, 1.54) is 36.1 Å². The Morgan fingerprint density at radius 2 is 2.00 bits per heavy atom. The number of benzene rings is 1. The fourth-order valence-corrected chi connectivity index (χ4v) is 2.68. The van der Waals surface area contributed by atoms with Crippen molar-refractivity contribution in [3.8, 4) is 0 Å². The van der Waals surface area contributed by atoms with Crippen molar-refractivity contribution in [2.24, 2.45) is 0 Å². The van der Waals surface area contributed by atoms with Gasteiger partial charge in [0, 0.05) is 23.6 Å². The zero-order valence-electron chi connectivity index (χ0n) is 12.2. The molecule has 0 heterocycles. The predicted molar refractivity (Wildman–Crippen MR) is 85.8 cm³/mol. The van der Waals surface area contributed by atoms with Gasteiger partial charge in [0.25, 0.3) is 0 Å². The second-order valence-electron chi connectivity index (χ2n) is 5.07. The van der Waals surface area contributed by atoms with E-state index in [2.05, 4.69) is 66.7 Å². The highest BCUT2D eigenvalue weighted by Gasteiger charge is 2.15. The Kier molecular flexibility index (Phi) is 6.77. The van der Waals surface area contributed by atoms with Crippen molar-refractivity contribution in [2.75, 3.05) is 11.4 Å². The molecular formula is C16H26BrN. The summed E-state index contributed by atoms with van der Waals surface area (Å²) < 4.78 is 0. The van der Waals surface area contributed by atoms with Gasteiger partial charge in [-0.15, -0.1) is 0 Å². The minimum atomic E-state index is 0.608. The van der Waals surface area contributed by atoms with Gasteiger partial charge in [-0.1, -0.05) is 53.9 Å². The Balaban J connectivity index is 3.03. The van der Waals surface area contributed by atoms with Crippen LogP contribution in [0.5, 0.6) is 0 Å². The third-order valence-electron chi connectivity index (χ3n) is 3.56. The summed E-state index contributed by atoms with van der Waals surface area (Å²) in [6, 6.07) is 7.42. The summed E-state index contributed by atoms with van der Waals surface area (Å²) in [7, 11) is 0. The highest BCUT2D eigenvalue weighted by molar-refractivity contribution is 9.08. The molecule has 0 amide bonds. The molecule has 0 aliphatic heterocycles. The van der Waals surface area contributed by atoms with Gasteiger partial charge in [-0.3, -0.25) is 0 Å². The molecule has 0 N–H and O–H groups in total. The van der Waals surface area contributed by atoms with E-state index >= 15 is 0 Å². The second-order valence-corrected chi connectivity index (χ2v) is 5.63. The zero-order valence-corrected chi connectivity index (χ0v) is 13.8. The van der Waals surface area contributed by atoms with Crippen molar-refractivity contribution in [1.29, 1.82) is 0 Å². The van der Waals surface area contributed by atoms with Gasteiger partial charge >= 0.3 is 0 Å². The van der Waals surface area contributed by atoms with E-state index in [9.17, 15) is 0 Å². The van der Waals surface area contributed by atoms with Crippen molar-refractivity contribution in [1.82, 2.24) is 0 Å². The molecule has 1 aromatic rings. The summed E-state index contributed by atoms with van der Waals surface area (Å²) in [5, 5.41) is 0.934. The first-order valence-corrected chi connectivity index (χ1v) is 8.18. The van der Waals surface area contributed by atoms with Gasteiger partial charge in [0.15, 0.2) is 0 Å². The van der Waals surface area contributed by atoms with Gasteiger partial charge in [0.05, 0.1) is 0 Å². The van der Waals surface area contributed by atoms with Crippen molar-refractivity contribution in [3.05, 3.63) is 29.3 Å². The van der Waals surface area contributed by atoms with Crippen molar-refractivity contribution >= 4 is 21.6 Å². The standard InChI is InChI=1S/C16H26BrN/c1-5-7-10-18(14(4)6-2)16-9-8-13(3)11-15(16)12-17/h8-9,11,14H,5-7,10,12H2,1-4H3. The molecule has 0 saturated carbocycles. The number of anilines is 1. The van der Waals surface area contributed by atoms with Gasteiger partial charge in [0.2, 0.25) is 0 Å². The van der Waals surface area contributed by atoms with Crippen molar-refractivity contribution in [3.63, 3.8) is 0 Å². The van der Waals surface area contributed by atoms with Crippen LogP contribution in [0.2, 0.25) is 0 Å². The monoisotopic (exact) mass is 311 g/mol. The number of aryl methyl sites for hydroxylation is 1. The average Bonchev–Trinajstić information content (AvgIpc) is 2.39. The van der Waals surface area contributed by atoms with E-state index in [0.717, 1.165) is 11.9 Å². The van der Waals surface area contributed by atoms with Crippen LogP contribution in [-0.2, 0) is 5.33 Å². The number of nitrogens with zero attached hydrogens (tertiary/aromatic N) is 1. The minimum Gasteiger partial charge on any atom is -0.369 e. The third kappa shape index (κ3) is 4.01. The lowest BCUT2D eigenvalue weighted by Crippen LogP contribution is -2.34. The molecule has 0 fully saturated rings. The topological polar surface area (TPSA) is 3.24 Å². The zero-order chi connectivity index (χ0) is 13.5. The normalized spacial score (nSPS) is 12.5. The summed E-state index contributed by atoms with van der Waals surface area (Å²) in [5.74, 6) is 0. The maximum Gasteiger partial charge on any atom is 0.0409 e. The molecule has 102 valence electrons. The van der Waals surface area contributed by atoms with Crippen molar-refractivity contribution < 1.29 is 0 Å². The predicted octanol–water partition coefficient (Wildman–Crippen LogP) is 5.29. The molecule has 0 aliphatic carbocycles. The van der Waals surface area contributed by atoms with Crippen LogP contribution in [-0.4, -0.2) is 12.6 Å². The molecule has 0 saturated heterocycles. The number of hydrogen-bond acceptors (Lipinski definition) is 1. The SMILES string of the molecule is CCCCN(c1ccc(C)cc1CBr)C(C)CC. The molecule has 0 bridgehead atoms. The average molecular weight is 312 g/mol. The molecule has 2 heteroatoms. The number of alkyl halides is 1. The first-order valence-electron chi connectivity index (χ1n) is 7.06. The van der Waals surface area contributed by atoms with Crippen LogP contribution in [0.1, 0.15) is 51.2 Å². The Bertz CT molecular complexity index is 362. The Morgan fingerprint density at radius 1 is 1.28 bits per heavy atom. The highest BCUT2D eigenvalue weighted by Crippen LogP contribution is 2.27. The van der Waals surface area contributed by atoms with Gasteiger partial charge in [0.1, 0.15) is 0 Å². The summed E-state index contributed by atoms with van der Waals surface area (Å²) in [6.07, 6.45) is 3.71. The molecule has 1 aromatic carbocycles. The maximum absolute atomic E-state index is 3.62. The molecule has 1 nitrogen and oxygen atoms in total.